The van der Waals surface area contributed by atoms with E-state index in [0.29, 0.717) is 31.7 Å². The van der Waals surface area contributed by atoms with Crippen LogP contribution >= 0.6 is 0 Å². The molecule has 10 nitrogen and oxygen atoms in total. The zero-order valence-electron chi connectivity index (χ0n) is 19.8. The van der Waals surface area contributed by atoms with Crippen LogP contribution in [0.1, 0.15) is 24.5 Å². The number of anilines is 3. The molecule has 0 aliphatic carbocycles. The molecule has 0 spiro atoms. The van der Waals surface area contributed by atoms with Gasteiger partial charge in [-0.25, -0.2) is 14.8 Å². The van der Waals surface area contributed by atoms with E-state index in [0.717, 1.165) is 11.1 Å². The molecule has 0 saturated carbocycles. The Hall–Kier alpha value is -3.05. The number of amides is 3. The largest absolute Gasteiger partial charge is 0.383 e. The molecule has 2 aromatic rings. The summed E-state index contributed by atoms with van der Waals surface area (Å²) in [5, 5.41) is 0.0254. The summed E-state index contributed by atoms with van der Waals surface area (Å²) in [7, 11) is 3.21. The maximum Gasteiger partial charge on any atom is 0.324 e. The molecule has 11 heteroatoms. The van der Waals surface area contributed by atoms with E-state index in [-0.39, 0.29) is 35.1 Å². The van der Waals surface area contributed by atoms with Crippen molar-refractivity contribution in [1.82, 2.24) is 14.9 Å². The number of ether oxygens (including phenoxy) is 1. The third-order valence-electron chi connectivity index (χ3n) is 4.92. The van der Waals surface area contributed by atoms with Crippen molar-refractivity contribution in [3.05, 3.63) is 35.4 Å². The van der Waals surface area contributed by atoms with Gasteiger partial charge in [0.2, 0.25) is 11.6 Å². The fraction of sp³-hybridized carbons (Fsp3) is 0.455. The monoisotopic (exact) mass is 476 g/mol. The van der Waals surface area contributed by atoms with Crippen LogP contribution in [0.15, 0.2) is 29.4 Å². The van der Waals surface area contributed by atoms with Crippen LogP contribution in [0.25, 0.3) is 0 Å². The summed E-state index contributed by atoms with van der Waals surface area (Å²) >= 11 is 0. The summed E-state index contributed by atoms with van der Waals surface area (Å²) in [6, 6.07) is 7.30. The van der Waals surface area contributed by atoms with Crippen molar-refractivity contribution in [3.8, 4) is 0 Å². The van der Waals surface area contributed by atoms with E-state index in [2.05, 4.69) is 9.97 Å². The van der Waals surface area contributed by atoms with E-state index >= 15 is 0 Å². The summed E-state index contributed by atoms with van der Waals surface area (Å²) in [5.41, 5.74) is 8.35. The van der Waals surface area contributed by atoms with Gasteiger partial charge in [-0.2, -0.15) is 0 Å². The first-order chi connectivity index (χ1) is 15.7. The van der Waals surface area contributed by atoms with Crippen molar-refractivity contribution in [3.63, 3.8) is 0 Å². The molecule has 0 saturated heterocycles. The SMILES string of the molecule is CCC[S@](=O)c1nc(N)c(N(C)C(=O)N(C)CCOC)c(N(C=O)Cc2ccc(C)cc2)n1. The van der Waals surface area contributed by atoms with Crippen LogP contribution in [0, 0.1) is 6.92 Å². The van der Waals surface area contributed by atoms with E-state index in [1.807, 2.05) is 38.1 Å². The van der Waals surface area contributed by atoms with Gasteiger partial charge in [0.15, 0.2) is 11.6 Å². The number of likely N-dealkylation sites (N-methyl/N-ethyl adjacent to an activating group) is 1. The van der Waals surface area contributed by atoms with Crippen LogP contribution in [0.4, 0.5) is 22.1 Å². The molecule has 3 amide bonds. The average molecular weight is 477 g/mol. The van der Waals surface area contributed by atoms with Gasteiger partial charge in [-0.15, -0.1) is 0 Å². The Bertz CT molecular complexity index is 986. The minimum Gasteiger partial charge on any atom is -0.383 e. The van der Waals surface area contributed by atoms with Crippen LogP contribution in [-0.2, 0) is 26.9 Å². The fourth-order valence-electron chi connectivity index (χ4n) is 3.07. The van der Waals surface area contributed by atoms with Crippen LogP contribution < -0.4 is 15.5 Å². The summed E-state index contributed by atoms with van der Waals surface area (Å²) in [4.78, 5) is 37.8. The number of methoxy groups -OCH3 is 1. The number of hydrogen-bond acceptors (Lipinski definition) is 7. The number of urea groups is 1. The molecule has 1 heterocycles. The van der Waals surface area contributed by atoms with Crippen LogP contribution in [-0.4, -0.2) is 71.6 Å². The Balaban J connectivity index is 2.55. The molecule has 0 aliphatic heterocycles. The van der Waals surface area contributed by atoms with Gasteiger partial charge in [-0.05, 0) is 18.9 Å². The first kappa shape index (κ1) is 26.2. The second-order valence-electron chi connectivity index (χ2n) is 7.59. The zero-order chi connectivity index (χ0) is 24.5. The Morgan fingerprint density at radius 3 is 2.45 bits per heavy atom. The number of rotatable bonds is 11. The van der Waals surface area contributed by atoms with Crippen molar-refractivity contribution < 1.29 is 18.5 Å². The molecule has 33 heavy (non-hydrogen) atoms. The number of nitrogens with two attached hydrogens (primary N) is 1. The summed E-state index contributed by atoms with van der Waals surface area (Å²) < 4.78 is 17.7. The molecule has 0 aliphatic rings. The maximum absolute atomic E-state index is 13.0. The molecular formula is C22H32N6O4S. The van der Waals surface area contributed by atoms with Crippen molar-refractivity contribution in [2.24, 2.45) is 0 Å². The Kier molecular flexibility index (Phi) is 9.74. The Morgan fingerprint density at radius 1 is 1.21 bits per heavy atom. The second kappa shape index (κ2) is 12.3. The number of aromatic nitrogens is 2. The molecule has 2 N–H and O–H groups in total. The summed E-state index contributed by atoms with van der Waals surface area (Å²) in [6.45, 7) is 4.77. The van der Waals surface area contributed by atoms with Crippen molar-refractivity contribution >= 4 is 40.6 Å². The fourth-order valence-corrected chi connectivity index (χ4v) is 4.01. The van der Waals surface area contributed by atoms with Gasteiger partial charge >= 0.3 is 6.03 Å². The van der Waals surface area contributed by atoms with E-state index in [9.17, 15) is 13.8 Å². The van der Waals surface area contributed by atoms with Crippen LogP contribution in [0.2, 0.25) is 0 Å². The first-order valence-corrected chi connectivity index (χ1v) is 11.9. The lowest BCUT2D eigenvalue weighted by molar-refractivity contribution is -0.107. The first-order valence-electron chi connectivity index (χ1n) is 10.5. The number of carbonyl (C=O) groups excluding carboxylic acids is 2. The molecule has 0 unspecified atom stereocenters. The highest BCUT2D eigenvalue weighted by Crippen LogP contribution is 2.33. The summed E-state index contributed by atoms with van der Waals surface area (Å²) in [5.74, 6) is 0.436. The van der Waals surface area contributed by atoms with Crippen molar-refractivity contribution in [2.45, 2.75) is 32.0 Å². The number of hydrogen-bond donors (Lipinski definition) is 1. The highest BCUT2D eigenvalue weighted by molar-refractivity contribution is 7.84. The van der Waals surface area contributed by atoms with E-state index in [4.69, 9.17) is 10.5 Å². The van der Waals surface area contributed by atoms with Gasteiger partial charge in [0.05, 0.1) is 24.0 Å². The minimum atomic E-state index is -1.49. The average Bonchev–Trinajstić information content (AvgIpc) is 2.80. The van der Waals surface area contributed by atoms with Crippen LogP contribution in [0.5, 0.6) is 0 Å². The number of aryl methyl sites for hydroxylation is 1. The molecule has 0 fully saturated rings. The van der Waals surface area contributed by atoms with Gasteiger partial charge in [-0.1, -0.05) is 36.8 Å². The molecule has 1 aromatic heterocycles. The Morgan fingerprint density at radius 2 is 1.88 bits per heavy atom. The van der Waals surface area contributed by atoms with Gasteiger partial charge in [-0.3, -0.25) is 18.8 Å². The molecule has 1 aromatic carbocycles. The molecule has 0 bridgehead atoms. The minimum absolute atomic E-state index is 0.0254. The number of nitrogens with zero attached hydrogens (tertiary/aromatic N) is 5. The van der Waals surface area contributed by atoms with Crippen molar-refractivity contribution in [1.29, 1.82) is 0 Å². The van der Waals surface area contributed by atoms with Gasteiger partial charge < -0.3 is 15.4 Å². The van der Waals surface area contributed by atoms with Gasteiger partial charge in [0.25, 0.3) is 0 Å². The third kappa shape index (κ3) is 6.72. The maximum atomic E-state index is 13.0. The van der Waals surface area contributed by atoms with E-state index in [1.165, 1.54) is 21.7 Å². The summed E-state index contributed by atoms with van der Waals surface area (Å²) in [6.07, 6.45) is 1.28. The van der Waals surface area contributed by atoms with Gasteiger partial charge in [0, 0.05) is 33.5 Å². The molecule has 1 atom stereocenters. The lowest BCUT2D eigenvalue weighted by Gasteiger charge is -2.29. The lowest BCUT2D eigenvalue weighted by atomic mass is 10.1. The second-order valence-corrected chi connectivity index (χ2v) is 9.05. The smallest absolute Gasteiger partial charge is 0.324 e. The number of benzene rings is 1. The van der Waals surface area contributed by atoms with Crippen LogP contribution in [0.3, 0.4) is 0 Å². The molecule has 2 rings (SSSR count). The number of carbonyl (C=O) groups is 2. The molecule has 180 valence electrons. The zero-order valence-corrected chi connectivity index (χ0v) is 20.6. The third-order valence-corrected chi connectivity index (χ3v) is 6.29. The predicted octanol–water partition coefficient (Wildman–Crippen LogP) is 2.18. The molecular weight excluding hydrogens is 444 g/mol. The standard InChI is InChI=1S/C22H32N6O4S/c1-6-13-33(31)21-24-19(23)18(27(4)22(30)26(3)11-12-32-5)20(25-21)28(15-29)14-17-9-7-16(2)8-10-17/h7-10,15H,6,11-14H2,1-5H3,(H2,23,24,25)/t33-/m0/s1. The van der Waals surface area contributed by atoms with Gasteiger partial charge in [0.1, 0.15) is 5.69 Å². The number of nitrogen functional groups attached to an aromatic ring is 1. The van der Waals surface area contributed by atoms with E-state index in [1.54, 1.807) is 14.2 Å². The van der Waals surface area contributed by atoms with E-state index < -0.39 is 10.8 Å². The highest BCUT2D eigenvalue weighted by atomic mass is 32.2. The van der Waals surface area contributed by atoms with Crippen molar-refractivity contribution in [2.75, 3.05) is 55.6 Å². The quantitative estimate of drug-likeness (QED) is 0.390. The predicted molar refractivity (Wildman–Crippen MR) is 130 cm³/mol. The molecule has 0 radical (unpaired) electrons. The normalized spacial score (nSPS) is 11.7. The lowest BCUT2D eigenvalue weighted by Crippen LogP contribution is -2.41. The highest BCUT2D eigenvalue weighted by Gasteiger charge is 2.27. The topological polar surface area (TPSA) is 122 Å². The Labute approximate surface area is 197 Å².